The Labute approximate surface area is 600 Å². The van der Waals surface area contributed by atoms with Gasteiger partial charge in [-0.2, -0.15) is 0 Å². The van der Waals surface area contributed by atoms with E-state index in [9.17, 15) is 43.2 Å². The van der Waals surface area contributed by atoms with Crippen molar-refractivity contribution in [3.63, 3.8) is 0 Å². The van der Waals surface area contributed by atoms with Crippen LogP contribution >= 0.6 is 15.6 Å². The first-order valence-electron chi connectivity index (χ1n) is 40.9. The van der Waals surface area contributed by atoms with Gasteiger partial charge in [0.25, 0.3) is 0 Å². The summed E-state index contributed by atoms with van der Waals surface area (Å²) in [7, 11) is -9.91. The molecule has 98 heavy (non-hydrogen) atoms. The standard InChI is InChI=1S/C79H154O17P2/c1-8-10-11-12-13-29-39-46-53-60-76(81)89-66-75(96-79(84)63-56-49-42-35-34-37-44-51-58-71(5)6)69-94-98(87,88)92-65-73(80)64-91-97(85,86)93-68-74(67-90-77(82)61-54-47-40-32-27-24-20-21-25-30-36-43-50-57-70(3)4)95-78(83)62-55-48-41-33-28-23-19-17-15-14-16-18-22-26-31-38-45-52-59-72(7)9-2/h70-75,80H,8-69H2,1-7H3,(H,85,86)(H,87,88)/t72?,73-,74-,75-/m1/s1. The highest BCUT2D eigenvalue weighted by molar-refractivity contribution is 7.47. The van der Waals surface area contributed by atoms with Crippen LogP contribution in [0.15, 0.2) is 0 Å². The second-order valence-corrected chi connectivity index (χ2v) is 32.6. The number of ether oxygens (including phenoxy) is 4. The lowest BCUT2D eigenvalue weighted by Crippen LogP contribution is -2.30. The number of carbonyl (C=O) groups is 4. The van der Waals surface area contributed by atoms with Gasteiger partial charge in [-0.3, -0.25) is 37.3 Å². The molecule has 3 unspecified atom stereocenters. The molecule has 17 nitrogen and oxygen atoms in total. The van der Waals surface area contributed by atoms with Gasteiger partial charge in [0.1, 0.15) is 19.3 Å². The summed E-state index contributed by atoms with van der Waals surface area (Å²) in [6.07, 6.45) is 57.0. The molecule has 3 N–H and O–H groups in total. The highest BCUT2D eigenvalue weighted by Crippen LogP contribution is 2.45. The van der Waals surface area contributed by atoms with Gasteiger partial charge in [-0.05, 0) is 43.4 Å². The molecule has 0 aromatic rings. The predicted molar refractivity (Wildman–Crippen MR) is 400 cm³/mol. The van der Waals surface area contributed by atoms with Gasteiger partial charge < -0.3 is 33.8 Å². The highest BCUT2D eigenvalue weighted by atomic mass is 31.2. The number of aliphatic hydroxyl groups is 1. The van der Waals surface area contributed by atoms with E-state index >= 15 is 0 Å². The summed E-state index contributed by atoms with van der Waals surface area (Å²) >= 11 is 0. The van der Waals surface area contributed by atoms with Gasteiger partial charge in [-0.15, -0.1) is 0 Å². The topological polar surface area (TPSA) is 237 Å². The molecule has 0 radical (unpaired) electrons. The Morgan fingerprint density at radius 2 is 0.520 bits per heavy atom. The Morgan fingerprint density at radius 3 is 0.776 bits per heavy atom. The molecule has 0 fully saturated rings. The van der Waals surface area contributed by atoms with E-state index in [0.29, 0.717) is 25.7 Å². The molecule has 0 aromatic heterocycles. The van der Waals surface area contributed by atoms with E-state index in [2.05, 4.69) is 48.5 Å². The van der Waals surface area contributed by atoms with Crippen LogP contribution in [0.25, 0.3) is 0 Å². The van der Waals surface area contributed by atoms with E-state index in [1.807, 2.05) is 0 Å². The van der Waals surface area contributed by atoms with Crippen LogP contribution in [-0.2, 0) is 65.4 Å². The minimum absolute atomic E-state index is 0.104. The fraction of sp³-hybridized carbons (Fsp3) is 0.949. The normalized spacial score (nSPS) is 14.3. The number of carbonyl (C=O) groups excluding carboxylic acids is 4. The molecular weight excluding hydrogens is 1280 g/mol. The van der Waals surface area contributed by atoms with Crippen LogP contribution in [0.1, 0.15) is 408 Å². The van der Waals surface area contributed by atoms with E-state index in [0.717, 1.165) is 108 Å². The maximum atomic E-state index is 13.1. The third-order valence-corrected chi connectivity index (χ3v) is 20.6. The molecule has 19 heteroatoms. The first-order valence-corrected chi connectivity index (χ1v) is 43.9. The van der Waals surface area contributed by atoms with Gasteiger partial charge in [-0.25, -0.2) is 9.13 Å². The highest BCUT2D eigenvalue weighted by Gasteiger charge is 2.30. The molecule has 0 aromatic carbocycles. The maximum Gasteiger partial charge on any atom is 0.472 e. The van der Waals surface area contributed by atoms with Crippen molar-refractivity contribution in [3.05, 3.63) is 0 Å². The Morgan fingerprint density at radius 1 is 0.296 bits per heavy atom. The van der Waals surface area contributed by atoms with Crippen molar-refractivity contribution in [2.45, 2.75) is 426 Å². The van der Waals surface area contributed by atoms with Crippen molar-refractivity contribution in [1.82, 2.24) is 0 Å². The van der Waals surface area contributed by atoms with Crippen LogP contribution in [-0.4, -0.2) is 96.7 Å². The molecule has 0 amide bonds. The summed E-state index contributed by atoms with van der Waals surface area (Å²) < 4.78 is 68.5. The maximum absolute atomic E-state index is 13.1. The Bertz CT molecular complexity index is 1910. The molecular formula is C79H154O17P2. The van der Waals surface area contributed by atoms with Crippen molar-refractivity contribution in [1.29, 1.82) is 0 Å². The van der Waals surface area contributed by atoms with E-state index < -0.39 is 97.5 Å². The largest absolute Gasteiger partial charge is 0.472 e. The number of hydrogen-bond donors (Lipinski definition) is 3. The molecule has 0 bridgehead atoms. The van der Waals surface area contributed by atoms with Crippen LogP contribution < -0.4 is 0 Å². The second kappa shape index (κ2) is 69.4. The van der Waals surface area contributed by atoms with Gasteiger partial charge in [-0.1, -0.05) is 357 Å². The third kappa shape index (κ3) is 71.1. The monoisotopic (exact) mass is 1440 g/mol. The fourth-order valence-electron chi connectivity index (χ4n) is 12.1. The molecule has 0 spiro atoms. The zero-order valence-electron chi connectivity index (χ0n) is 64.3. The van der Waals surface area contributed by atoms with Gasteiger partial charge in [0.2, 0.25) is 0 Å². The van der Waals surface area contributed by atoms with Crippen molar-refractivity contribution in [3.8, 4) is 0 Å². The second-order valence-electron chi connectivity index (χ2n) is 29.6. The summed E-state index contributed by atoms with van der Waals surface area (Å²) in [6.45, 7) is 11.9. The Balaban J connectivity index is 5.19. The quantitative estimate of drug-likeness (QED) is 0.0222. The number of esters is 4. The first kappa shape index (κ1) is 96.1. The summed E-state index contributed by atoms with van der Waals surface area (Å²) in [5, 5.41) is 10.6. The lowest BCUT2D eigenvalue weighted by molar-refractivity contribution is -0.161. The lowest BCUT2D eigenvalue weighted by Gasteiger charge is -2.21. The molecule has 0 heterocycles. The molecule has 0 saturated carbocycles. The van der Waals surface area contributed by atoms with E-state index in [4.69, 9.17) is 37.0 Å². The molecule has 0 rings (SSSR count). The van der Waals surface area contributed by atoms with Crippen molar-refractivity contribution >= 4 is 39.5 Å². The van der Waals surface area contributed by atoms with Crippen LogP contribution in [0.3, 0.4) is 0 Å². The Hall–Kier alpha value is -1.94. The van der Waals surface area contributed by atoms with Crippen molar-refractivity contribution in [2.24, 2.45) is 17.8 Å². The fourth-order valence-corrected chi connectivity index (χ4v) is 13.7. The van der Waals surface area contributed by atoms with Gasteiger partial charge in [0.05, 0.1) is 26.4 Å². The van der Waals surface area contributed by atoms with Crippen molar-refractivity contribution in [2.75, 3.05) is 39.6 Å². The average molecular weight is 1440 g/mol. The van der Waals surface area contributed by atoms with Gasteiger partial charge in [0.15, 0.2) is 12.2 Å². The van der Waals surface area contributed by atoms with Crippen LogP contribution in [0, 0.1) is 17.8 Å². The molecule has 582 valence electrons. The lowest BCUT2D eigenvalue weighted by atomic mass is 9.99. The third-order valence-electron chi connectivity index (χ3n) is 18.7. The summed E-state index contributed by atoms with van der Waals surface area (Å²) in [5.41, 5.74) is 0. The predicted octanol–water partition coefficient (Wildman–Crippen LogP) is 23.4. The molecule has 0 aliphatic heterocycles. The Kier molecular flexibility index (Phi) is 68.1. The minimum atomic E-state index is -4.96. The summed E-state index contributed by atoms with van der Waals surface area (Å²) in [5.74, 6) is 0.263. The zero-order chi connectivity index (χ0) is 72.3. The molecule has 0 saturated heterocycles. The SMILES string of the molecule is CCCCCCCCCCCC(=O)OC[C@H](COP(=O)(O)OC[C@H](O)COP(=O)(O)OC[C@@H](COC(=O)CCCCCCCCCCCCCCCC(C)C)OC(=O)CCCCCCCCCCCCCCCCCCCCC(C)CC)OC(=O)CCCCCCCCCCC(C)C. The van der Waals surface area contributed by atoms with E-state index in [-0.39, 0.29) is 25.7 Å². The molecule has 0 aliphatic carbocycles. The zero-order valence-corrected chi connectivity index (χ0v) is 66.0. The van der Waals surface area contributed by atoms with Crippen LogP contribution in [0.5, 0.6) is 0 Å². The number of unbranched alkanes of at least 4 members (excludes halogenated alkanes) is 44. The molecule has 6 atom stereocenters. The minimum Gasteiger partial charge on any atom is -0.462 e. The van der Waals surface area contributed by atoms with Crippen molar-refractivity contribution < 1.29 is 80.2 Å². The number of phosphoric acid groups is 2. The van der Waals surface area contributed by atoms with Gasteiger partial charge >= 0.3 is 39.5 Å². The van der Waals surface area contributed by atoms with Gasteiger partial charge in [0, 0.05) is 25.7 Å². The van der Waals surface area contributed by atoms with Crippen LogP contribution in [0.2, 0.25) is 0 Å². The van der Waals surface area contributed by atoms with E-state index in [1.54, 1.807) is 0 Å². The van der Waals surface area contributed by atoms with Crippen LogP contribution in [0.4, 0.5) is 0 Å². The number of phosphoric ester groups is 2. The number of hydrogen-bond acceptors (Lipinski definition) is 15. The number of aliphatic hydroxyl groups excluding tert-OH is 1. The smallest absolute Gasteiger partial charge is 0.462 e. The van der Waals surface area contributed by atoms with E-state index in [1.165, 1.54) is 218 Å². The summed E-state index contributed by atoms with van der Waals surface area (Å²) in [6, 6.07) is 0. The number of rotatable bonds is 77. The molecule has 0 aliphatic rings. The average Bonchev–Trinajstić information content (AvgIpc) is 0.933. The first-order chi connectivity index (χ1) is 47.3. The summed E-state index contributed by atoms with van der Waals surface area (Å²) in [4.78, 5) is 72.8.